The highest BCUT2D eigenvalue weighted by Gasteiger charge is 2.65. The van der Waals surface area contributed by atoms with Crippen molar-refractivity contribution in [3.63, 3.8) is 0 Å². The number of hydrogen-bond donors (Lipinski definition) is 0. The fourth-order valence-corrected chi connectivity index (χ4v) is 4.54. The Balaban J connectivity index is 1.92. The Morgan fingerprint density at radius 2 is 1.75 bits per heavy atom. The highest BCUT2D eigenvalue weighted by atomic mass is 16.5. The highest BCUT2D eigenvalue weighted by molar-refractivity contribution is 6.27. The van der Waals surface area contributed by atoms with E-state index in [-0.39, 0.29) is 24.5 Å². The van der Waals surface area contributed by atoms with E-state index < -0.39 is 11.0 Å². The first-order chi connectivity index (χ1) is 13.5. The van der Waals surface area contributed by atoms with Crippen molar-refractivity contribution in [2.75, 3.05) is 6.61 Å². The van der Waals surface area contributed by atoms with Gasteiger partial charge < -0.3 is 9.47 Å². The van der Waals surface area contributed by atoms with E-state index in [1.54, 1.807) is 0 Å². The minimum absolute atomic E-state index is 0.0661. The average molecular weight is 376 g/mol. The summed E-state index contributed by atoms with van der Waals surface area (Å²) in [5.74, 6) is -0.424. The molecule has 1 saturated heterocycles. The number of esters is 1. The summed E-state index contributed by atoms with van der Waals surface area (Å²) in [4.78, 5) is 25.6. The lowest BCUT2D eigenvalue weighted by Crippen LogP contribution is -2.56. The summed E-state index contributed by atoms with van der Waals surface area (Å²) in [7, 11) is 0. The number of benzene rings is 2. The van der Waals surface area contributed by atoms with E-state index in [4.69, 9.17) is 9.47 Å². The fourth-order valence-electron chi connectivity index (χ4n) is 4.54. The Labute approximate surface area is 165 Å². The van der Waals surface area contributed by atoms with Crippen LogP contribution in [0.3, 0.4) is 0 Å². The van der Waals surface area contributed by atoms with Gasteiger partial charge in [0, 0.05) is 12.5 Å². The Bertz CT molecular complexity index is 918. The molecule has 4 nitrogen and oxygen atoms in total. The van der Waals surface area contributed by atoms with Crippen molar-refractivity contribution in [2.45, 2.75) is 38.4 Å². The molecule has 2 aromatic carbocycles. The number of carbonyl (C=O) groups excluding carboxylic acids is 2. The van der Waals surface area contributed by atoms with Crippen molar-refractivity contribution in [1.82, 2.24) is 0 Å². The molecule has 2 aromatic rings. The molecule has 1 aliphatic heterocycles. The van der Waals surface area contributed by atoms with E-state index in [9.17, 15) is 9.59 Å². The SMILES string of the molecule is CC(=O)OC[C@@]12C=C(c3ccccc3)C(=O)[C@]1(c1ccccc1)O[C@H](C)CC2. The molecular formula is C24H24O4. The van der Waals surface area contributed by atoms with Gasteiger partial charge in [-0.3, -0.25) is 9.59 Å². The van der Waals surface area contributed by atoms with Crippen LogP contribution in [0.5, 0.6) is 0 Å². The number of rotatable bonds is 4. The van der Waals surface area contributed by atoms with Crippen LogP contribution in [-0.2, 0) is 24.7 Å². The lowest BCUT2D eigenvalue weighted by atomic mass is 9.65. The van der Waals surface area contributed by atoms with E-state index in [2.05, 4.69) is 0 Å². The largest absolute Gasteiger partial charge is 0.465 e. The van der Waals surface area contributed by atoms with E-state index in [0.29, 0.717) is 12.0 Å². The van der Waals surface area contributed by atoms with Crippen LogP contribution in [0.15, 0.2) is 66.7 Å². The van der Waals surface area contributed by atoms with E-state index >= 15 is 0 Å². The lowest BCUT2D eigenvalue weighted by molar-refractivity contribution is -0.201. The third-order valence-electron chi connectivity index (χ3n) is 5.86. The lowest BCUT2D eigenvalue weighted by Gasteiger charge is -2.49. The van der Waals surface area contributed by atoms with Gasteiger partial charge in [0.15, 0.2) is 5.60 Å². The van der Waals surface area contributed by atoms with Crippen molar-refractivity contribution >= 4 is 17.3 Å². The molecule has 4 heteroatoms. The quantitative estimate of drug-likeness (QED) is 0.747. The molecule has 0 radical (unpaired) electrons. The number of Topliss-reactive ketones (excluding diaryl/α,β-unsaturated/α-hetero) is 1. The molecule has 0 saturated carbocycles. The van der Waals surface area contributed by atoms with Gasteiger partial charge in [-0.1, -0.05) is 66.7 Å². The maximum absolute atomic E-state index is 13.9. The summed E-state index contributed by atoms with van der Waals surface area (Å²) in [5.41, 5.74) is 0.378. The monoisotopic (exact) mass is 376 g/mol. The van der Waals surface area contributed by atoms with Crippen LogP contribution < -0.4 is 0 Å². The zero-order valence-corrected chi connectivity index (χ0v) is 16.2. The number of ketones is 1. The van der Waals surface area contributed by atoms with Crippen LogP contribution in [0.25, 0.3) is 5.57 Å². The van der Waals surface area contributed by atoms with Crippen LogP contribution in [0.1, 0.15) is 37.8 Å². The second-order valence-corrected chi connectivity index (χ2v) is 7.70. The van der Waals surface area contributed by atoms with Gasteiger partial charge in [-0.05, 0) is 30.9 Å². The average Bonchev–Trinajstić information content (AvgIpc) is 2.98. The minimum atomic E-state index is -1.19. The molecule has 28 heavy (non-hydrogen) atoms. The summed E-state index contributed by atoms with van der Waals surface area (Å²) in [6.45, 7) is 3.51. The normalized spacial score (nSPS) is 29.1. The molecule has 1 heterocycles. The standard InChI is InChI=1S/C24H24O4/c1-17-13-14-23(16-27-18(2)25)15-21(19-9-5-3-6-10-19)22(26)24(23,28-17)20-11-7-4-8-12-20/h3-12,15,17H,13-14,16H2,1-2H3/t17-,23-,24+/m1/s1. The van der Waals surface area contributed by atoms with Gasteiger partial charge in [0.1, 0.15) is 6.61 Å². The van der Waals surface area contributed by atoms with Crippen LogP contribution in [-0.4, -0.2) is 24.5 Å². The molecule has 3 atom stereocenters. The van der Waals surface area contributed by atoms with Crippen molar-refractivity contribution in [2.24, 2.45) is 5.41 Å². The third kappa shape index (κ3) is 2.80. The first-order valence-corrected chi connectivity index (χ1v) is 9.68. The van der Waals surface area contributed by atoms with Crippen molar-refractivity contribution in [1.29, 1.82) is 0 Å². The molecule has 1 aliphatic carbocycles. The molecular weight excluding hydrogens is 352 g/mol. The molecule has 144 valence electrons. The predicted molar refractivity (Wildman–Crippen MR) is 106 cm³/mol. The molecule has 2 aliphatic rings. The molecule has 1 fully saturated rings. The van der Waals surface area contributed by atoms with Gasteiger partial charge in [-0.2, -0.15) is 0 Å². The molecule has 4 rings (SSSR count). The molecule has 0 bridgehead atoms. The summed E-state index contributed by atoms with van der Waals surface area (Å²) in [6.07, 6.45) is 3.42. The number of carbonyl (C=O) groups is 2. The van der Waals surface area contributed by atoms with E-state index in [1.165, 1.54) is 6.92 Å². The smallest absolute Gasteiger partial charge is 0.302 e. The Hall–Kier alpha value is -2.72. The summed E-state index contributed by atoms with van der Waals surface area (Å²) in [6, 6.07) is 19.2. The van der Waals surface area contributed by atoms with Crippen LogP contribution in [0.4, 0.5) is 0 Å². The Morgan fingerprint density at radius 3 is 2.39 bits per heavy atom. The summed E-state index contributed by atoms with van der Waals surface area (Å²) >= 11 is 0. The fraction of sp³-hybridized carbons (Fsp3) is 0.333. The van der Waals surface area contributed by atoms with Crippen LogP contribution in [0, 0.1) is 5.41 Å². The second kappa shape index (κ2) is 7.02. The van der Waals surface area contributed by atoms with Gasteiger partial charge in [0.25, 0.3) is 0 Å². The molecule has 0 aromatic heterocycles. The molecule has 0 N–H and O–H groups in total. The number of hydrogen-bond acceptors (Lipinski definition) is 4. The second-order valence-electron chi connectivity index (χ2n) is 7.70. The first-order valence-electron chi connectivity index (χ1n) is 9.68. The number of ether oxygens (including phenoxy) is 2. The Morgan fingerprint density at radius 1 is 1.11 bits per heavy atom. The zero-order chi connectivity index (χ0) is 19.8. The zero-order valence-electron chi connectivity index (χ0n) is 16.2. The van der Waals surface area contributed by atoms with Crippen molar-refractivity contribution < 1.29 is 19.1 Å². The number of fused-ring (bicyclic) bond motifs is 1. The maximum Gasteiger partial charge on any atom is 0.302 e. The molecule has 0 spiro atoms. The van der Waals surface area contributed by atoms with E-state index in [1.807, 2.05) is 73.7 Å². The van der Waals surface area contributed by atoms with Gasteiger partial charge in [0.2, 0.25) is 5.78 Å². The van der Waals surface area contributed by atoms with Crippen LogP contribution in [0.2, 0.25) is 0 Å². The minimum Gasteiger partial charge on any atom is -0.465 e. The van der Waals surface area contributed by atoms with Gasteiger partial charge >= 0.3 is 5.97 Å². The third-order valence-corrected chi connectivity index (χ3v) is 5.86. The highest BCUT2D eigenvalue weighted by Crippen LogP contribution is 2.59. The maximum atomic E-state index is 13.9. The van der Waals surface area contributed by atoms with Gasteiger partial charge in [0.05, 0.1) is 11.5 Å². The molecule has 0 amide bonds. The van der Waals surface area contributed by atoms with E-state index in [0.717, 1.165) is 17.5 Å². The summed E-state index contributed by atoms with van der Waals surface area (Å²) in [5, 5.41) is 0. The van der Waals surface area contributed by atoms with Gasteiger partial charge in [-0.25, -0.2) is 0 Å². The Kier molecular flexibility index (Phi) is 4.68. The van der Waals surface area contributed by atoms with Crippen molar-refractivity contribution in [3.05, 3.63) is 77.9 Å². The molecule has 0 unspecified atom stereocenters. The van der Waals surface area contributed by atoms with Crippen LogP contribution >= 0.6 is 0 Å². The topological polar surface area (TPSA) is 52.6 Å². The van der Waals surface area contributed by atoms with Crippen molar-refractivity contribution in [3.8, 4) is 0 Å². The summed E-state index contributed by atoms with van der Waals surface area (Å²) < 4.78 is 12.0. The first kappa shape index (κ1) is 18.6. The van der Waals surface area contributed by atoms with Gasteiger partial charge in [-0.15, -0.1) is 0 Å². The predicted octanol–water partition coefficient (Wildman–Crippen LogP) is 4.30.